The SMILES string of the molecule is CC1(C)c2ccccc2-c2ccc(N(c3ccc(-c4cccc5c4-c4ccccc4C54c5ccccc5-c5ccccc54)cc3)c3ccc4cccc5c4c3-c3ccccc3-5)cc21. The lowest BCUT2D eigenvalue weighted by atomic mass is 9.70. The minimum atomic E-state index is -0.374. The second-order valence-electron chi connectivity index (χ2n) is 18.3. The molecule has 0 bridgehead atoms. The molecule has 63 heavy (non-hydrogen) atoms. The molecule has 1 spiro atoms. The summed E-state index contributed by atoms with van der Waals surface area (Å²) < 4.78 is 0. The summed E-state index contributed by atoms with van der Waals surface area (Å²) in [5.74, 6) is 0. The predicted molar refractivity (Wildman–Crippen MR) is 262 cm³/mol. The Bertz CT molecular complexity index is 3560. The van der Waals surface area contributed by atoms with E-state index in [-0.39, 0.29) is 10.8 Å². The lowest BCUT2D eigenvalue weighted by Gasteiger charge is -2.30. The minimum absolute atomic E-state index is 0.126. The van der Waals surface area contributed by atoms with Gasteiger partial charge in [0.05, 0.1) is 11.1 Å². The molecule has 0 fully saturated rings. The van der Waals surface area contributed by atoms with Crippen LogP contribution >= 0.6 is 0 Å². The Hall–Kier alpha value is -7.74. The first-order valence-corrected chi connectivity index (χ1v) is 22.3. The van der Waals surface area contributed by atoms with Gasteiger partial charge in [-0.3, -0.25) is 0 Å². The molecule has 1 heteroatoms. The van der Waals surface area contributed by atoms with E-state index in [1.54, 1.807) is 0 Å². The van der Waals surface area contributed by atoms with E-state index >= 15 is 0 Å². The third kappa shape index (κ3) is 4.41. The Balaban J connectivity index is 0.973. The van der Waals surface area contributed by atoms with Gasteiger partial charge in [0.15, 0.2) is 0 Å². The van der Waals surface area contributed by atoms with Crippen molar-refractivity contribution >= 4 is 27.8 Å². The van der Waals surface area contributed by atoms with Crippen molar-refractivity contribution in [3.8, 4) is 66.8 Å². The van der Waals surface area contributed by atoms with Crippen LogP contribution in [0.5, 0.6) is 0 Å². The number of nitrogens with zero attached hydrogens (tertiary/aromatic N) is 1. The molecule has 0 heterocycles. The fourth-order valence-corrected chi connectivity index (χ4v) is 12.4. The quantitative estimate of drug-likeness (QED) is 0.171. The molecule has 0 radical (unpaired) electrons. The minimum Gasteiger partial charge on any atom is -0.310 e. The summed E-state index contributed by atoms with van der Waals surface area (Å²) in [6.07, 6.45) is 0. The molecule has 0 atom stereocenters. The van der Waals surface area contributed by atoms with E-state index in [0.29, 0.717) is 0 Å². The number of rotatable bonds is 4. The van der Waals surface area contributed by atoms with E-state index < -0.39 is 0 Å². The van der Waals surface area contributed by atoms with Crippen molar-refractivity contribution < 1.29 is 0 Å². The van der Waals surface area contributed by atoms with Crippen LogP contribution in [-0.4, -0.2) is 0 Å². The molecule has 0 amide bonds. The van der Waals surface area contributed by atoms with Crippen molar-refractivity contribution in [2.75, 3.05) is 4.90 Å². The number of hydrogen-bond donors (Lipinski definition) is 0. The van der Waals surface area contributed by atoms with Gasteiger partial charge in [-0.15, -0.1) is 0 Å². The molecule has 0 aromatic heterocycles. The third-order valence-electron chi connectivity index (χ3n) is 15.0. The fraction of sp³-hybridized carbons (Fsp3) is 0.0645. The van der Waals surface area contributed by atoms with E-state index in [4.69, 9.17) is 0 Å². The summed E-state index contributed by atoms with van der Waals surface area (Å²) in [6, 6.07) is 80.1. The first-order valence-electron chi connectivity index (χ1n) is 22.3. The zero-order chi connectivity index (χ0) is 41.6. The first-order chi connectivity index (χ1) is 31.0. The number of hydrogen-bond acceptors (Lipinski definition) is 1. The van der Waals surface area contributed by atoms with Crippen molar-refractivity contribution in [2.45, 2.75) is 24.7 Å². The van der Waals surface area contributed by atoms with Gasteiger partial charge in [0.1, 0.15) is 0 Å². The highest BCUT2D eigenvalue weighted by Gasteiger charge is 2.52. The van der Waals surface area contributed by atoms with Crippen LogP contribution in [0.25, 0.3) is 77.5 Å². The molecule has 0 aliphatic heterocycles. The van der Waals surface area contributed by atoms with Crippen molar-refractivity contribution in [3.05, 3.63) is 246 Å². The summed E-state index contributed by atoms with van der Waals surface area (Å²) in [7, 11) is 0. The van der Waals surface area contributed by atoms with Crippen LogP contribution in [0, 0.1) is 0 Å². The van der Waals surface area contributed by atoms with Crippen molar-refractivity contribution in [2.24, 2.45) is 0 Å². The van der Waals surface area contributed by atoms with Gasteiger partial charge >= 0.3 is 0 Å². The second-order valence-corrected chi connectivity index (χ2v) is 18.3. The summed E-state index contributed by atoms with van der Waals surface area (Å²) in [5, 5.41) is 2.60. The number of benzene rings is 10. The predicted octanol–water partition coefficient (Wildman–Crippen LogP) is 16.3. The number of anilines is 3. The highest BCUT2D eigenvalue weighted by atomic mass is 15.1. The van der Waals surface area contributed by atoms with E-state index in [9.17, 15) is 0 Å². The largest absolute Gasteiger partial charge is 0.310 e. The summed E-state index contributed by atoms with van der Waals surface area (Å²) in [5.41, 5.74) is 26.8. The Labute approximate surface area is 368 Å². The maximum absolute atomic E-state index is 2.52. The molecule has 0 saturated carbocycles. The summed E-state index contributed by atoms with van der Waals surface area (Å²) >= 11 is 0. The average molecular weight is 800 g/mol. The molecule has 294 valence electrons. The van der Waals surface area contributed by atoms with Gasteiger partial charge in [-0.25, -0.2) is 0 Å². The van der Waals surface area contributed by atoms with E-state index in [1.165, 1.54) is 117 Å². The average Bonchev–Trinajstić information content (AvgIpc) is 4.01. The van der Waals surface area contributed by atoms with Gasteiger partial charge < -0.3 is 4.90 Å². The number of fused-ring (bicyclic) bond motifs is 16. The molecule has 0 unspecified atom stereocenters. The summed E-state index contributed by atoms with van der Waals surface area (Å²) in [6.45, 7) is 4.75. The topological polar surface area (TPSA) is 3.24 Å². The van der Waals surface area contributed by atoms with Crippen LogP contribution in [0.4, 0.5) is 17.1 Å². The molecule has 4 aliphatic carbocycles. The Morgan fingerprint density at radius 1 is 0.317 bits per heavy atom. The Kier molecular flexibility index (Phi) is 6.89. The lowest BCUT2D eigenvalue weighted by Crippen LogP contribution is -2.25. The van der Waals surface area contributed by atoms with Crippen molar-refractivity contribution in [1.29, 1.82) is 0 Å². The van der Waals surface area contributed by atoms with Crippen LogP contribution in [0.1, 0.15) is 47.2 Å². The van der Waals surface area contributed by atoms with Crippen LogP contribution in [-0.2, 0) is 10.8 Å². The highest BCUT2D eigenvalue weighted by Crippen LogP contribution is 2.64. The van der Waals surface area contributed by atoms with Crippen LogP contribution in [0.2, 0.25) is 0 Å². The molecule has 10 aromatic rings. The Morgan fingerprint density at radius 2 is 0.825 bits per heavy atom. The molecule has 1 nitrogen and oxygen atoms in total. The smallest absolute Gasteiger partial charge is 0.0725 e. The third-order valence-corrected chi connectivity index (χ3v) is 15.0. The molecular weight excluding hydrogens is 759 g/mol. The van der Waals surface area contributed by atoms with Gasteiger partial charge in [-0.1, -0.05) is 196 Å². The van der Waals surface area contributed by atoms with Crippen LogP contribution in [0.3, 0.4) is 0 Å². The normalized spacial score (nSPS) is 14.4. The maximum Gasteiger partial charge on any atom is 0.0725 e. The molecule has 4 aliphatic rings. The summed E-state index contributed by atoms with van der Waals surface area (Å²) in [4.78, 5) is 2.52. The van der Waals surface area contributed by atoms with Crippen LogP contribution in [0.15, 0.2) is 212 Å². The fourth-order valence-electron chi connectivity index (χ4n) is 12.4. The lowest BCUT2D eigenvalue weighted by molar-refractivity contribution is 0.660. The van der Waals surface area contributed by atoms with Gasteiger partial charge in [-0.05, 0) is 136 Å². The van der Waals surface area contributed by atoms with E-state index in [0.717, 1.165) is 11.4 Å². The Morgan fingerprint density at radius 3 is 1.54 bits per heavy atom. The highest BCUT2D eigenvalue weighted by molar-refractivity contribution is 6.19. The maximum atomic E-state index is 2.52. The van der Waals surface area contributed by atoms with E-state index in [2.05, 4.69) is 231 Å². The zero-order valence-electron chi connectivity index (χ0n) is 35.2. The van der Waals surface area contributed by atoms with Crippen molar-refractivity contribution in [3.63, 3.8) is 0 Å². The van der Waals surface area contributed by atoms with E-state index in [1.807, 2.05) is 0 Å². The monoisotopic (exact) mass is 799 g/mol. The standard InChI is InChI=1S/C62H41N/c1-61(2)51-24-9-5-17-44(51)47-35-34-41(37-56(47)61)63(57-36-31-39-15-13-23-48-43-16-3-4-20-49(43)60(57)58(39)48)40-32-29-38(30-33-40)42-22-14-28-55-59(42)50-21-8-12-27-54(50)62(55)52-25-10-6-18-45(52)46-19-7-11-26-53(46)62/h3-37H,1-2H3. The van der Waals surface area contributed by atoms with Crippen LogP contribution < -0.4 is 4.90 Å². The molecule has 14 rings (SSSR count). The van der Waals surface area contributed by atoms with Gasteiger partial charge in [0.2, 0.25) is 0 Å². The van der Waals surface area contributed by atoms with Gasteiger partial charge in [0, 0.05) is 22.4 Å². The van der Waals surface area contributed by atoms with Crippen molar-refractivity contribution in [1.82, 2.24) is 0 Å². The molecule has 10 aromatic carbocycles. The van der Waals surface area contributed by atoms with Gasteiger partial charge in [-0.2, -0.15) is 0 Å². The second kappa shape index (κ2) is 12.4. The van der Waals surface area contributed by atoms with Gasteiger partial charge in [0.25, 0.3) is 0 Å². The first kappa shape index (κ1) is 34.9. The molecule has 0 saturated heterocycles. The zero-order valence-corrected chi connectivity index (χ0v) is 35.2. The molecule has 0 N–H and O–H groups in total. The molecular formula is C62H41N.